The van der Waals surface area contributed by atoms with Crippen LogP contribution in [0.15, 0.2) is 16.7 Å². The molecule has 0 aliphatic carbocycles. The second-order valence-corrected chi connectivity index (χ2v) is 6.15. The van der Waals surface area contributed by atoms with Crippen LogP contribution in [0.2, 0.25) is 0 Å². The highest BCUT2D eigenvalue weighted by Crippen LogP contribution is 2.32. The van der Waals surface area contributed by atoms with Crippen LogP contribution in [0.5, 0.6) is 0 Å². The molecule has 22 heavy (non-hydrogen) atoms. The smallest absolute Gasteiger partial charge is 0.274 e. The van der Waals surface area contributed by atoms with Crippen LogP contribution in [0.4, 0.5) is 0 Å². The van der Waals surface area contributed by atoms with Crippen molar-refractivity contribution in [3.63, 3.8) is 0 Å². The third-order valence-corrected chi connectivity index (χ3v) is 4.46. The molecule has 114 valence electrons. The van der Waals surface area contributed by atoms with Gasteiger partial charge < -0.3 is 14.2 Å². The van der Waals surface area contributed by atoms with Crippen LogP contribution < -0.4 is 0 Å². The van der Waals surface area contributed by atoms with Crippen LogP contribution >= 0.6 is 0 Å². The summed E-state index contributed by atoms with van der Waals surface area (Å²) in [5.74, 6) is 1.57. The van der Waals surface area contributed by atoms with E-state index in [-0.39, 0.29) is 5.92 Å². The minimum Gasteiger partial charge on any atom is -0.381 e. The number of nitrogens with one attached hydrogen (secondary N) is 1. The number of hydrogen-bond acceptors (Lipinski definition) is 4. The van der Waals surface area contributed by atoms with Crippen LogP contribution in [0.25, 0.3) is 22.5 Å². The normalized spacial score (nSPS) is 18.4. The van der Waals surface area contributed by atoms with Gasteiger partial charge in [-0.2, -0.15) is 4.98 Å². The topological polar surface area (TPSA) is 63.9 Å². The van der Waals surface area contributed by atoms with Gasteiger partial charge >= 0.3 is 0 Å². The zero-order chi connectivity index (χ0) is 15.3. The van der Waals surface area contributed by atoms with Gasteiger partial charge in [-0.15, -0.1) is 0 Å². The molecule has 4 rings (SSSR count). The van der Waals surface area contributed by atoms with Gasteiger partial charge in [0.05, 0.1) is 6.61 Å². The Morgan fingerprint density at radius 3 is 2.86 bits per heavy atom. The lowest BCUT2D eigenvalue weighted by Crippen LogP contribution is -1.99. The highest BCUT2D eigenvalue weighted by atomic mass is 16.5. The van der Waals surface area contributed by atoms with Gasteiger partial charge in [-0.05, 0) is 44.4 Å². The Hall–Kier alpha value is -2.14. The van der Waals surface area contributed by atoms with E-state index in [0.717, 1.165) is 35.6 Å². The maximum atomic E-state index is 5.50. The van der Waals surface area contributed by atoms with E-state index in [2.05, 4.69) is 48.0 Å². The summed E-state index contributed by atoms with van der Waals surface area (Å²) in [6.07, 6.45) is 0.961. The molecule has 1 aromatic carbocycles. The number of rotatable bonds is 2. The fourth-order valence-corrected chi connectivity index (χ4v) is 3.24. The highest BCUT2D eigenvalue weighted by molar-refractivity contribution is 5.91. The molecule has 5 heteroatoms. The fraction of sp³-hybridized carbons (Fsp3) is 0.412. The largest absolute Gasteiger partial charge is 0.381 e. The zero-order valence-electron chi connectivity index (χ0n) is 13.1. The summed E-state index contributed by atoms with van der Waals surface area (Å²) < 4.78 is 10.9. The quantitative estimate of drug-likeness (QED) is 0.784. The van der Waals surface area contributed by atoms with Crippen molar-refractivity contribution in [1.82, 2.24) is 15.1 Å². The first-order valence-corrected chi connectivity index (χ1v) is 7.64. The molecule has 0 unspecified atom stereocenters. The van der Waals surface area contributed by atoms with Gasteiger partial charge in [0, 0.05) is 23.4 Å². The predicted octanol–water partition coefficient (Wildman–Crippen LogP) is 3.65. The zero-order valence-corrected chi connectivity index (χ0v) is 13.1. The number of aromatic nitrogens is 3. The van der Waals surface area contributed by atoms with Crippen molar-refractivity contribution < 1.29 is 9.26 Å². The first-order chi connectivity index (χ1) is 10.6. The molecule has 3 aromatic rings. The first kappa shape index (κ1) is 13.5. The summed E-state index contributed by atoms with van der Waals surface area (Å²) in [6, 6.07) is 4.37. The minimum atomic E-state index is 0.256. The van der Waals surface area contributed by atoms with E-state index in [1.54, 1.807) is 0 Å². The summed E-state index contributed by atoms with van der Waals surface area (Å²) in [5, 5.41) is 5.36. The van der Waals surface area contributed by atoms with E-state index in [4.69, 9.17) is 9.26 Å². The summed E-state index contributed by atoms with van der Waals surface area (Å²) in [6.45, 7) is 7.78. The van der Waals surface area contributed by atoms with E-state index in [9.17, 15) is 0 Å². The van der Waals surface area contributed by atoms with Crippen molar-refractivity contribution in [3.8, 4) is 11.6 Å². The van der Waals surface area contributed by atoms with Gasteiger partial charge in [-0.1, -0.05) is 16.8 Å². The molecular formula is C17H19N3O2. The molecule has 0 spiro atoms. The Kier molecular flexibility index (Phi) is 3.04. The van der Waals surface area contributed by atoms with Crippen LogP contribution in [0.3, 0.4) is 0 Å². The molecule has 0 radical (unpaired) electrons. The van der Waals surface area contributed by atoms with E-state index in [1.807, 2.05) is 0 Å². The Balaban J connectivity index is 1.81. The molecule has 0 amide bonds. The van der Waals surface area contributed by atoms with Gasteiger partial charge in [-0.25, -0.2) is 0 Å². The Bertz CT molecular complexity index is 841. The van der Waals surface area contributed by atoms with Crippen molar-refractivity contribution in [2.45, 2.75) is 33.1 Å². The summed E-state index contributed by atoms with van der Waals surface area (Å²) in [4.78, 5) is 8.03. The van der Waals surface area contributed by atoms with Crippen LogP contribution in [-0.2, 0) is 4.74 Å². The van der Waals surface area contributed by atoms with E-state index in [0.29, 0.717) is 12.5 Å². The molecule has 1 aliphatic heterocycles. The van der Waals surface area contributed by atoms with Gasteiger partial charge in [0.1, 0.15) is 5.69 Å². The number of fused-ring (bicyclic) bond motifs is 1. The van der Waals surface area contributed by atoms with E-state index in [1.165, 1.54) is 16.5 Å². The average Bonchev–Trinajstić information content (AvgIpc) is 3.19. The van der Waals surface area contributed by atoms with Crippen molar-refractivity contribution in [1.29, 1.82) is 0 Å². The minimum absolute atomic E-state index is 0.256. The molecule has 0 saturated carbocycles. The third-order valence-electron chi connectivity index (χ3n) is 4.46. The number of H-pyrrole nitrogens is 1. The molecule has 5 nitrogen and oxygen atoms in total. The van der Waals surface area contributed by atoms with Gasteiger partial charge in [0.25, 0.3) is 5.89 Å². The van der Waals surface area contributed by atoms with Crippen LogP contribution in [0, 0.1) is 20.8 Å². The molecule has 1 atom stereocenters. The monoisotopic (exact) mass is 297 g/mol. The lowest BCUT2D eigenvalue weighted by molar-refractivity contribution is 0.192. The lowest BCUT2D eigenvalue weighted by Gasteiger charge is -1.99. The first-order valence-electron chi connectivity index (χ1n) is 7.64. The fourth-order valence-electron chi connectivity index (χ4n) is 3.24. The average molecular weight is 297 g/mol. The third kappa shape index (κ3) is 2.04. The Labute approximate surface area is 128 Å². The molecule has 1 fully saturated rings. The number of benzene rings is 1. The molecule has 2 aromatic heterocycles. The summed E-state index contributed by atoms with van der Waals surface area (Å²) in [7, 11) is 0. The number of aryl methyl sites for hydroxylation is 3. The van der Waals surface area contributed by atoms with Crippen molar-refractivity contribution >= 4 is 10.9 Å². The van der Waals surface area contributed by atoms with E-state index < -0.39 is 0 Å². The summed E-state index contributed by atoms with van der Waals surface area (Å²) >= 11 is 0. The predicted molar refractivity (Wildman–Crippen MR) is 84.0 cm³/mol. The second-order valence-electron chi connectivity index (χ2n) is 6.15. The number of aromatic amines is 1. The molecule has 1 N–H and O–H groups in total. The number of nitrogens with zero attached hydrogens (tertiary/aromatic N) is 2. The van der Waals surface area contributed by atoms with Gasteiger partial charge in [0.15, 0.2) is 5.82 Å². The van der Waals surface area contributed by atoms with Crippen LogP contribution in [0.1, 0.15) is 34.9 Å². The number of ether oxygens (including phenoxy) is 1. The highest BCUT2D eigenvalue weighted by Gasteiger charge is 2.24. The maximum absolute atomic E-state index is 5.50. The Morgan fingerprint density at radius 2 is 2.09 bits per heavy atom. The molecule has 0 bridgehead atoms. The standard InChI is InChI=1S/C17H19N3O2/c1-9-6-10(2)14-13(7-9)11(3)15(18-14)17-19-16(20-22-17)12-4-5-21-8-12/h6-7,12,18H,4-5,8H2,1-3H3/t12-/m1/s1. The maximum Gasteiger partial charge on any atom is 0.274 e. The molecular weight excluding hydrogens is 278 g/mol. The second kappa shape index (κ2) is 4.95. The number of hydrogen-bond donors (Lipinski definition) is 1. The van der Waals surface area contributed by atoms with Gasteiger partial charge in [0.2, 0.25) is 0 Å². The lowest BCUT2D eigenvalue weighted by atomic mass is 10.1. The van der Waals surface area contributed by atoms with Crippen molar-refractivity contribution in [3.05, 3.63) is 34.6 Å². The van der Waals surface area contributed by atoms with Crippen molar-refractivity contribution in [2.75, 3.05) is 13.2 Å². The van der Waals surface area contributed by atoms with Crippen molar-refractivity contribution in [2.24, 2.45) is 0 Å². The summed E-state index contributed by atoms with van der Waals surface area (Å²) in [5.41, 5.74) is 5.70. The molecule has 3 heterocycles. The van der Waals surface area contributed by atoms with Gasteiger partial charge in [-0.3, -0.25) is 0 Å². The Morgan fingerprint density at radius 1 is 1.23 bits per heavy atom. The van der Waals surface area contributed by atoms with Crippen LogP contribution in [-0.4, -0.2) is 28.3 Å². The van der Waals surface area contributed by atoms with E-state index >= 15 is 0 Å². The molecule has 1 saturated heterocycles. The molecule has 1 aliphatic rings. The SMILES string of the molecule is Cc1cc(C)c2[nH]c(-c3nc([C@@H]4CCOC4)no3)c(C)c2c1.